The third-order valence-electron chi connectivity index (χ3n) is 0.886. The molecule has 0 amide bonds. The molecule has 0 saturated carbocycles. The van der Waals surface area contributed by atoms with Crippen LogP contribution in [-0.4, -0.2) is 10.1 Å². The first-order valence-electron chi connectivity index (χ1n) is 2.28. The number of rotatable bonds is 0. The Morgan fingerprint density at radius 2 is 2.33 bits per heavy atom. The number of pyridine rings is 1. The van der Waals surface area contributed by atoms with Gasteiger partial charge in [-0.05, 0) is 15.9 Å². The molecule has 1 heterocycles. The molecule has 0 aromatic carbocycles. The molecule has 1 aromatic rings. The Bertz CT molecular complexity index is 268. The molecular weight excluding hydrogens is 186 g/mol. The third kappa shape index (κ3) is 1.13. The van der Waals surface area contributed by atoms with Gasteiger partial charge in [0.1, 0.15) is 4.60 Å². The number of hydrogen-bond donors (Lipinski definition) is 2. The fourth-order valence-electron chi connectivity index (χ4n) is 0.446. The number of halogens is 1. The fourth-order valence-corrected chi connectivity index (χ4v) is 0.774. The summed E-state index contributed by atoms with van der Waals surface area (Å²) in [7, 11) is 0. The quantitative estimate of drug-likeness (QED) is 0.595. The van der Waals surface area contributed by atoms with Crippen LogP contribution in [0.5, 0.6) is 5.75 Å². The number of H-pyrrole nitrogens is 1. The summed E-state index contributed by atoms with van der Waals surface area (Å²) >= 11 is 2.94. The van der Waals surface area contributed by atoms with Gasteiger partial charge in [0.25, 0.3) is 0 Å². The van der Waals surface area contributed by atoms with E-state index in [1.165, 1.54) is 12.3 Å². The van der Waals surface area contributed by atoms with Crippen molar-refractivity contribution >= 4 is 15.9 Å². The first kappa shape index (κ1) is 6.35. The summed E-state index contributed by atoms with van der Waals surface area (Å²) in [4.78, 5) is 13.1. The second-order valence-electron chi connectivity index (χ2n) is 1.50. The molecule has 1 aromatic heterocycles. The van der Waals surface area contributed by atoms with Gasteiger partial charge < -0.3 is 10.1 Å². The van der Waals surface area contributed by atoms with Crippen LogP contribution in [0.25, 0.3) is 0 Å². The van der Waals surface area contributed by atoms with Crippen LogP contribution >= 0.6 is 15.9 Å². The van der Waals surface area contributed by atoms with E-state index in [-0.39, 0.29) is 11.2 Å². The minimum absolute atomic E-state index is 0.280. The zero-order chi connectivity index (χ0) is 6.85. The molecule has 0 bridgehead atoms. The maximum Gasteiger partial charge on any atom is 0.224 e. The summed E-state index contributed by atoms with van der Waals surface area (Å²) in [6, 6.07) is 1.25. The maximum absolute atomic E-state index is 10.5. The van der Waals surface area contributed by atoms with Crippen LogP contribution in [0.4, 0.5) is 0 Å². The minimum atomic E-state index is -0.388. The normalized spacial score (nSPS) is 9.44. The summed E-state index contributed by atoms with van der Waals surface area (Å²) in [6.07, 6.45) is 1.45. The third-order valence-corrected chi connectivity index (χ3v) is 1.49. The highest BCUT2D eigenvalue weighted by Crippen LogP contribution is 2.13. The Morgan fingerprint density at radius 3 is 2.78 bits per heavy atom. The fraction of sp³-hybridized carbons (Fsp3) is 0. The summed E-state index contributed by atoms with van der Waals surface area (Å²) < 4.78 is 0.315. The SMILES string of the molecule is O=c1cc[nH]c(Br)c1O. The molecule has 0 spiro atoms. The molecule has 48 valence electrons. The van der Waals surface area contributed by atoms with Gasteiger partial charge in [-0.15, -0.1) is 0 Å². The van der Waals surface area contributed by atoms with Crippen LogP contribution < -0.4 is 5.43 Å². The predicted molar refractivity (Wildman–Crippen MR) is 36.4 cm³/mol. The van der Waals surface area contributed by atoms with Gasteiger partial charge in [0.05, 0.1) is 0 Å². The standard InChI is InChI=1S/C5H4BrNO2/c6-5-4(9)3(8)1-2-7-5/h1-2,9H,(H,7,8). The molecule has 2 N–H and O–H groups in total. The number of nitrogens with one attached hydrogen (secondary N) is 1. The minimum Gasteiger partial charge on any atom is -0.502 e. The van der Waals surface area contributed by atoms with Crippen molar-refractivity contribution in [2.45, 2.75) is 0 Å². The molecule has 0 atom stereocenters. The van der Waals surface area contributed by atoms with Gasteiger partial charge in [-0.1, -0.05) is 0 Å². The second kappa shape index (κ2) is 2.23. The van der Waals surface area contributed by atoms with E-state index < -0.39 is 0 Å². The highest BCUT2D eigenvalue weighted by atomic mass is 79.9. The van der Waals surface area contributed by atoms with Gasteiger partial charge >= 0.3 is 0 Å². The van der Waals surface area contributed by atoms with E-state index in [2.05, 4.69) is 20.9 Å². The van der Waals surface area contributed by atoms with Crippen LogP contribution in [-0.2, 0) is 0 Å². The van der Waals surface area contributed by atoms with Crippen molar-refractivity contribution in [3.63, 3.8) is 0 Å². The summed E-state index contributed by atoms with van der Waals surface area (Å²) in [5.41, 5.74) is -0.388. The van der Waals surface area contributed by atoms with Crippen LogP contribution in [0.15, 0.2) is 21.7 Å². The summed E-state index contributed by atoms with van der Waals surface area (Å²) in [5, 5.41) is 8.82. The lowest BCUT2D eigenvalue weighted by Gasteiger charge is -1.90. The Balaban J connectivity index is 3.43. The molecule has 1 rings (SSSR count). The molecule has 0 radical (unpaired) electrons. The second-order valence-corrected chi connectivity index (χ2v) is 2.30. The van der Waals surface area contributed by atoms with Crippen molar-refractivity contribution in [3.8, 4) is 5.75 Å². The molecule has 9 heavy (non-hydrogen) atoms. The van der Waals surface area contributed by atoms with Crippen molar-refractivity contribution in [2.75, 3.05) is 0 Å². The average molecular weight is 190 g/mol. The predicted octanol–water partition coefficient (Wildman–Crippen LogP) is 0.843. The Hall–Kier alpha value is -0.770. The van der Waals surface area contributed by atoms with E-state index >= 15 is 0 Å². The lowest BCUT2D eigenvalue weighted by atomic mass is 10.4. The van der Waals surface area contributed by atoms with Gasteiger partial charge in [-0.3, -0.25) is 4.79 Å². The molecule has 0 unspecified atom stereocenters. The summed E-state index contributed by atoms with van der Waals surface area (Å²) in [6.45, 7) is 0. The molecule has 0 aliphatic carbocycles. The molecule has 0 saturated heterocycles. The van der Waals surface area contributed by atoms with Crippen molar-refractivity contribution in [1.82, 2.24) is 4.98 Å². The number of aromatic amines is 1. The van der Waals surface area contributed by atoms with E-state index in [1.807, 2.05) is 0 Å². The first-order chi connectivity index (χ1) is 4.22. The number of hydrogen-bond acceptors (Lipinski definition) is 2. The number of aromatic nitrogens is 1. The van der Waals surface area contributed by atoms with Crippen molar-refractivity contribution in [3.05, 3.63) is 27.1 Å². The van der Waals surface area contributed by atoms with Crippen molar-refractivity contribution < 1.29 is 5.11 Å². The average Bonchev–Trinajstić information content (AvgIpc) is 1.83. The smallest absolute Gasteiger partial charge is 0.224 e. The van der Waals surface area contributed by atoms with E-state index in [9.17, 15) is 4.79 Å². The van der Waals surface area contributed by atoms with E-state index in [1.54, 1.807) is 0 Å². The zero-order valence-corrected chi connectivity index (χ0v) is 5.97. The van der Waals surface area contributed by atoms with E-state index in [0.29, 0.717) is 4.60 Å². The maximum atomic E-state index is 10.5. The molecule has 0 fully saturated rings. The van der Waals surface area contributed by atoms with Gasteiger partial charge in [0.2, 0.25) is 5.43 Å². The molecule has 3 nitrogen and oxygen atoms in total. The Morgan fingerprint density at radius 1 is 1.67 bits per heavy atom. The topological polar surface area (TPSA) is 53.1 Å². The summed E-state index contributed by atoms with van der Waals surface area (Å²) in [5.74, 6) is -0.280. The van der Waals surface area contributed by atoms with Gasteiger partial charge in [-0.2, -0.15) is 0 Å². The van der Waals surface area contributed by atoms with Gasteiger partial charge in [0, 0.05) is 12.3 Å². The highest BCUT2D eigenvalue weighted by molar-refractivity contribution is 9.10. The Labute approximate surface area is 59.5 Å². The van der Waals surface area contributed by atoms with Crippen LogP contribution in [0.3, 0.4) is 0 Å². The van der Waals surface area contributed by atoms with Gasteiger partial charge in [-0.25, -0.2) is 0 Å². The lowest BCUT2D eigenvalue weighted by molar-refractivity contribution is 0.463. The van der Waals surface area contributed by atoms with Crippen LogP contribution in [0.1, 0.15) is 0 Å². The molecule has 4 heteroatoms. The number of aromatic hydroxyl groups is 1. The first-order valence-corrected chi connectivity index (χ1v) is 3.07. The van der Waals surface area contributed by atoms with Crippen LogP contribution in [0.2, 0.25) is 0 Å². The van der Waals surface area contributed by atoms with E-state index in [0.717, 1.165) is 0 Å². The van der Waals surface area contributed by atoms with Gasteiger partial charge in [0.15, 0.2) is 5.75 Å². The van der Waals surface area contributed by atoms with E-state index in [4.69, 9.17) is 5.11 Å². The largest absolute Gasteiger partial charge is 0.502 e. The highest BCUT2D eigenvalue weighted by Gasteiger charge is 1.98. The lowest BCUT2D eigenvalue weighted by Crippen LogP contribution is -1.97. The molecular formula is C5H4BrNO2. The molecule has 0 aliphatic heterocycles. The monoisotopic (exact) mass is 189 g/mol. The van der Waals surface area contributed by atoms with Crippen molar-refractivity contribution in [1.29, 1.82) is 0 Å². The molecule has 0 aliphatic rings. The van der Waals surface area contributed by atoms with Crippen molar-refractivity contribution in [2.24, 2.45) is 0 Å². The Kier molecular flexibility index (Phi) is 1.57. The zero-order valence-electron chi connectivity index (χ0n) is 4.39. The van der Waals surface area contributed by atoms with Crippen LogP contribution in [0, 0.1) is 0 Å².